The van der Waals surface area contributed by atoms with Crippen LogP contribution in [0.2, 0.25) is 0 Å². The molecule has 0 aromatic carbocycles. The van der Waals surface area contributed by atoms with E-state index in [1.54, 1.807) is 25.7 Å². The van der Waals surface area contributed by atoms with Gasteiger partial charge in [-0.15, -0.1) is 23.2 Å². The predicted molar refractivity (Wildman–Crippen MR) is 97.5 cm³/mol. The Balaban J connectivity index is 3.13. The maximum absolute atomic E-state index is 12.7. The van der Waals surface area contributed by atoms with E-state index in [4.69, 9.17) is 23.2 Å². The van der Waals surface area contributed by atoms with Crippen molar-refractivity contribution in [3.63, 3.8) is 0 Å². The van der Waals surface area contributed by atoms with E-state index < -0.39 is 5.41 Å². The summed E-state index contributed by atoms with van der Waals surface area (Å²) in [5.74, 6) is 0.252. The minimum atomic E-state index is -0.743. The van der Waals surface area contributed by atoms with Crippen LogP contribution in [-0.4, -0.2) is 47.2 Å². The second-order valence-electron chi connectivity index (χ2n) is 6.73. The van der Waals surface area contributed by atoms with Crippen LogP contribution in [0.3, 0.4) is 0 Å². The van der Waals surface area contributed by atoms with Gasteiger partial charge in [0.1, 0.15) is 0 Å². The van der Waals surface area contributed by atoms with Crippen molar-refractivity contribution < 1.29 is 14.4 Å². The van der Waals surface area contributed by atoms with Crippen LogP contribution in [-0.2, 0) is 14.4 Å². The number of carbonyl (C=O) groups excluding carboxylic acids is 3. The zero-order valence-corrected chi connectivity index (χ0v) is 16.5. The van der Waals surface area contributed by atoms with E-state index in [-0.39, 0.29) is 23.9 Å². The SMILES string of the molecule is CC1=C(C)C(=O)C(C(C)(C)CC(=O)N(CCCl)CCCl)=C(C)C1=O. The Bertz CT molecular complexity index is 612. The minimum absolute atomic E-state index is 0.120. The number of allylic oxidation sites excluding steroid dienone is 4. The van der Waals surface area contributed by atoms with Crippen LogP contribution in [0.5, 0.6) is 0 Å². The number of rotatable bonds is 7. The Morgan fingerprint density at radius 2 is 1.38 bits per heavy atom. The summed E-state index contributed by atoms with van der Waals surface area (Å²) in [6, 6.07) is 0. The minimum Gasteiger partial charge on any atom is -0.340 e. The van der Waals surface area contributed by atoms with Gasteiger partial charge in [-0.25, -0.2) is 0 Å². The smallest absolute Gasteiger partial charge is 0.223 e. The fourth-order valence-electron chi connectivity index (χ4n) is 3.05. The average molecular weight is 374 g/mol. The lowest BCUT2D eigenvalue weighted by Gasteiger charge is -2.33. The van der Waals surface area contributed by atoms with Gasteiger partial charge in [0.25, 0.3) is 0 Å². The molecule has 0 aromatic rings. The van der Waals surface area contributed by atoms with Crippen molar-refractivity contribution in [1.82, 2.24) is 4.90 Å². The lowest BCUT2D eigenvalue weighted by Crippen LogP contribution is -2.39. The second kappa shape index (κ2) is 8.30. The topological polar surface area (TPSA) is 54.5 Å². The van der Waals surface area contributed by atoms with E-state index in [1.807, 2.05) is 13.8 Å². The first-order valence-corrected chi connectivity index (χ1v) is 9.03. The Hall–Kier alpha value is -1.13. The summed E-state index contributed by atoms with van der Waals surface area (Å²) >= 11 is 11.5. The molecule has 1 rings (SSSR count). The van der Waals surface area contributed by atoms with Crippen LogP contribution in [0.15, 0.2) is 22.3 Å². The number of carbonyl (C=O) groups is 3. The summed E-state index contributed by atoms with van der Waals surface area (Å²) in [7, 11) is 0. The first-order valence-electron chi connectivity index (χ1n) is 7.96. The summed E-state index contributed by atoms with van der Waals surface area (Å²) < 4.78 is 0. The van der Waals surface area contributed by atoms with Gasteiger partial charge in [0.05, 0.1) is 0 Å². The van der Waals surface area contributed by atoms with Crippen LogP contribution in [0.1, 0.15) is 41.0 Å². The number of hydrogen-bond acceptors (Lipinski definition) is 3. The number of alkyl halides is 2. The molecule has 6 heteroatoms. The molecular weight excluding hydrogens is 349 g/mol. The Morgan fingerprint density at radius 3 is 1.83 bits per heavy atom. The number of halogens is 2. The van der Waals surface area contributed by atoms with E-state index in [2.05, 4.69) is 0 Å². The molecule has 1 aliphatic carbocycles. The molecule has 0 fully saturated rings. The predicted octanol–water partition coefficient (Wildman–Crippen LogP) is 3.51. The summed E-state index contributed by atoms with van der Waals surface area (Å²) in [5.41, 5.74) is 1.06. The highest BCUT2D eigenvalue weighted by Gasteiger charge is 2.38. The van der Waals surface area contributed by atoms with Crippen molar-refractivity contribution >= 4 is 40.7 Å². The lowest BCUT2D eigenvalue weighted by atomic mass is 9.71. The third kappa shape index (κ3) is 4.28. The normalized spacial score (nSPS) is 16.1. The van der Waals surface area contributed by atoms with Gasteiger partial charge < -0.3 is 4.90 Å². The average Bonchev–Trinajstić information content (AvgIpc) is 2.50. The highest BCUT2D eigenvalue weighted by Crippen LogP contribution is 2.39. The quantitative estimate of drug-likeness (QED) is 0.506. The highest BCUT2D eigenvalue weighted by molar-refractivity contribution is 6.25. The molecule has 0 heterocycles. The molecule has 0 unspecified atom stereocenters. The molecule has 24 heavy (non-hydrogen) atoms. The Kier molecular flexibility index (Phi) is 7.24. The van der Waals surface area contributed by atoms with E-state index >= 15 is 0 Å². The van der Waals surface area contributed by atoms with Crippen molar-refractivity contribution in [3.8, 4) is 0 Å². The van der Waals surface area contributed by atoms with Gasteiger partial charge >= 0.3 is 0 Å². The van der Waals surface area contributed by atoms with Gasteiger partial charge in [0, 0.05) is 59.0 Å². The summed E-state index contributed by atoms with van der Waals surface area (Å²) in [6.07, 6.45) is 0.124. The molecule has 0 bridgehead atoms. The summed E-state index contributed by atoms with van der Waals surface area (Å²) in [4.78, 5) is 39.3. The molecule has 0 saturated carbocycles. The van der Waals surface area contributed by atoms with Gasteiger partial charge in [-0.3, -0.25) is 14.4 Å². The molecule has 1 amide bonds. The van der Waals surface area contributed by atoms with E-state index in [1.165, 1.54) is 0 Å². The van der Waals surface area contributed by atoms with Crippen molar-refractivity contribution in [2.45, 2.75) is 41.0 Å². The van der Waals surface area contributed by atoms with Gasteiger partial charge in [0.2, 0.25) is 5.91 Å². The maximum atomic E-state index is 12.7. The maximum Gasteiger partial charge on any atom is 0.223 e. The first-order chi connectivity index (χ1) is 11.1. The first kappa shape index (κ1) is 20.9. The van der Waals surface area contributed by atoms with Gasteiger partial charge in [-0.2, -0.15) is 0 Å². The highest BCUT2D eigenvalue weighted by atomic mass is 35.5. The van der Waals surface area contributed by atoms with E-state index in [0.29, 0.717) is 47.1 Å². The molecule has 4 nitrogen and oxygen atoms in total. The zero-order valence-electron chi connectivity index (χ0n) is 15.0. The van der Waals surface area contributed by atoms with Crippen molar-refractivity contribution in [3.05, 3.63) is 22.3 Å². The lowest BCUT2D eigenvalue weighted by molar-refractivity contribution is -0.132. The molecule has 0 spiro atoms. The Labute approximate surface area is 153 Å². The fourth-order valence-corrected chi connectivity index (χ4v) is 3.46. The van der Waals surface area contributed by atoms with Crippen LogP contribution >= 0.6 is 23.2 Å². The second-order valence-corrected chi connectivity index (χ2v) is 7.48. The number of Topliss-reactive ketones (excluding diaryl/α,β-unsaturated/α-hetero) is 2. The standard InChI is InChI=1S/C18H25Cl2NO3/c1-11-12(2)17(24)15(13(3)16(11)23)18(4,5)10-14(22)21(8-6-19)9-7-20/h6-10H2,1-5H3. The van der Waals surface area contributed by atoms with Crippen molar-refractivity contribution in [2.24, 2.45) is 5.41 Å². The monoisotopic (exact) mass is 373 g/mol. The number of hydrogen-bond donors (Lipinski definition) is 0. The van der Waals surface area contributed by atoms with Crippen molar-refractivity contribution in [1.29, 1.82) is 0 Å². The molecule has 0 aliphatic heterocycles. The molecule has 0 saturated heterocycles. The molecule has 0 atom stereocenters. The van der Waals surface area contributed by atoms with Crippen molar-refractivity contribution in [2.75, 3.05) is 24.8 Å². The summed E-state index contributed by atoms with van der Waals surface area (Å²) in [5, 5.41) is 0. The van der Waals surface area contributed by atoms with E-state index in [0.717, 1.165) is 0 Å². The van der Waals surface area contributed by atoms with Crippen LogP contribution in [0.4, 0.5) is 0 Å². The van der Waals surface area contributed by atoms with Gasteiger partial charge in [0.15, 0.2) is 11.6 Å². The van der Waals surface area contributed by atoms with Gasteiger partial charge in [-0.05, 0) is 20.8 Å². The van der Waals surface area contributed by atoms with E-state index in [9.17, 15) is 14.4 Å². The Morgan fingerprint density at radius 1 is 0.917 bits per heavy atom. The van der Waals surface area contributed by atoms with Gasteiger partial charge in [-0.1, -0.05) is 13.8 Å². The third-order valence-corrected chi connectivity index (χ3v) is 4.86. The van der Waals surface area contributed by atoms with Crippen LogP contribution in [0, 0.1) is 5.41 Å². The number of ketones is 2. The largest absolute Gasteiger partial charge is 0.340 e. The molecular formula is C18H25Cl2NO3. The fraction of sp³-hybridized carbons (Fsp3) is 0.611. The van der Waals surface area contributed by atoms with Crippen LogP contribution < -0.4 is 0 Å². The molecule has 0 radical (unpaired) electrons. The summed E-state index contributed by atoms with van der Waals surface area (Å²) in [6.45, 7) is 9.44. The molecule has 1 aliphatic rings. The molecule has 0 N–H and O–H groups in total. The molecule has 0 aromatic heterocycles. The molecule has 134 valence electrons. The number of nitrogens with zero attached hydrogens (tertiary/aromatic N) is 1. The number of amides is 1. The van der Waals surface area contributed by atoms with Crippen LogP contribution in [0.25, 0.3) is 0 Å². The zero-order chi connectivity index (χ0) is 18.7. The third-order valence-electron chi connectivity index (χ3n) is 4.52.